The molecule has 0 aromatic heterocycles. The topological polar surface area (TPSA) is 43.7 Å². The number of rotatable bonds is 6. The second kappa shape index (κ2) is 7.45. The number of nitrogens with zero attached hydrogens (tertiary/aromatic N) is 1. The van der Waals surface area contributed by atoms with Crippen molar-refractivity contribution in [3.05, 3.63) is 57.6 Å². The highest BCUT2D eigenvalue weighted by Gasteiger charge is 2.45. The summed E-state index contributed by atoms with van der Waals surface area (Å²) in [6.45, 7) is 3.61. The lowest BCUT2D eigenvalue weighted by atomic mass is 9.76. The first-order valence-electron chi connectivity index (χ1n) is 8.67. The van der Waals surface area contributed by atoms with E-state index in [0.717, 1.165) is 30.6 Å². The minimum Gasteiger partial charge on any atom is -0.508 e. The maximum absolute atomic E-state index is 10.5. The largest absolute Gasteiger partial charge is 0.508 e. The van der Waals surface area contributed by atoms with Crippen LogP contribution >= 0.6 is 23.2 Å². The van der Waals surface area contributed by atoms with E-state index in [-0.39, 0.29) is 12.4 Å². The molecule has 3 nitrogen and oxygen atoms in total. The molecule has 0 saturated heterocycles. The number of fused-ring (bicyclic) bond motifs is 1. The van der Waals surface area contributed by atoms with E-state index < -0.39 is 5.41 Å². The number of halogens is 2. The molecule has 3 rings (SSSR count). The summed E-state index contributed by atoms with van der Waals surface area (Å²) in [4.78, 5) is 2.29. The molecule has 2 aromatic rings. The lowest BCUT2D eigenvalue weighted by Gasteiger charge is -2.30. The van der Waals surface area contributed by atoms with Crippen LogP contribution in [-0.4, -0.2) is 29.9 Å². The Kier molecular flexibility index (Phi) is 5.47. The van der Waals surface area contributed by atoms with Crippen molar-refractivity contribution in [3.8, 4) is 5.75 Å². The molecule has 134 valence electrons. The van der Waals surface area contributed by atoms with Crippen LogP contribution in [-0.2, 0) is 5.41 Å². The Morgan fingerprint density at radius 2 is 1.80 bits per heavy atom. The summed E-state index contributed by atoms with van der Waals surface area (Å²) in [6.07, 6.45) is 3.43. The maximum atomic E-state index is 10.5. The number of hydrogen-bond donors (Lipinski definition) is 2. The van der Waals surface area contributed by atoms with Crippen LogP contribution in [0.2, 0.25) is 10.0 Å². The number of hydrogen-bond acceptors (Lipinski definition) is 3. The van der Waals surface area contributed by atoms with Gasteiger partial charge in [0, 0.05) is 30.4 Å². The van der Waals surface area contributed by atoms with Gasteiger partial charge in [0.2, 0.25) is 0 Å². The molecule has 1 atom stereocenters. The van der Waals surface area contributed by atoms with Crippen molar-refractivity contribution in [2.24, 2.45) is 0 Å². The average molecular weight is 380 g/mol. The van der Waals surface area contributed by atoms with E-state index in [1.807, 2.05) is 18.2 Å². The summed E-state index contributed by atoms with van der Waals surface area (Å²) < 4.78 is 0. The molecule has 1 unspecified atom stereocenters. The van der Waals surface area contributed by atoms with Gasteiger partial charge in [-0.1, -0.05) is 61.2 Å². The number of aliphatic hydroxyl groups excluding tert-OH is 1. The first-order chi connectivity index (χ1) is 12.0. The van der Waals surface area contributed by atoms with Crippen molar-refractivity contribution in [2.45, 2.75) is 31.6 Å². The second-order valence-electron chi connectivity index (χ2n) is 6.67. The highest BCUT2D eigenvalue weighted by atomic mass is 35.5. The zero-order chi connectivity index (χ0) is 18.0. The van der Waals surface area contributed by atoms with Crippen LogP contribution in [0.3, 0.4) is 0 Å². The summed E-state index contributed by atoms with van der Waals surface area (Å²) >= 11 is 12.2. The zero-order valence-corrected chi connectivity index (χ0v) is 15.8. The van der Waals surface area contributed by atoms with Crippen molar-refractivity contribution < 1.29 is 10.2 Å². The third-order valence-corrected chi connectivity index (χ3v) is 5.80. The third kappa shape index (κ3) is 3.21. The SMILES string of the molecule is CCCCCN1CC(CO)(c2cc(Cl)c(Cl)cc2O)c2ccccc21. The molecule has 0 bridgehead atoms. The Labute approximate surface area is 158 Å². The highest BCUT2D eigenvalue weighted by molar-refractivity contribution is 6.42. The fourth-order valence-corrected chi connectivity index (χ4v) is 4.09. The minimum absolute atomic E-state index is 0.0636. The van der Waals surface area contributed by atoms with E-state index in [9.17, 15) is 10.2 Å². The normalized spacial score (nSPS) is 19.3. The Bertz CT molecular complexity index is 765. The number of phenolic OH excluding ortho intramolecular Hbond substituents is 1. The first-order valence-corrected chi connectivity index (χ1v) is 9.43. The molecule has 0 fully saturated rings. The Hall–Kier alpha value is -1.42. The summed E-state index contributed by atoms with van der Waals surface area (Å²) in [7, 11) is 0. The van der Waals surface area contributed by atoms with Crippen molar-refractivity contribution in [1.82, 2.24) is 0 Å². The number of phenols is 1. The Balaban J connectivity index is 2.08. The predicted octanol–water partition coefficient (Wildman–Crippen LogP) is 4.99. The number of unbranched alkanes of at least 4 members (excludes halogenated alkanes) is 2. The predicted molar refractivity (Wildman–Crippen MR) is 104 cm³/mol. The Morgan fingerprint density at radius 3 is 2.52 bits per heavy atom. The van der Waals surface area contributed by atoms with E-state index in [1.54, 1.807) is 6.07 Å². The smallest absolute Gasteiger partial charge is 0.121 e. The summed E-state index contributed by atoms with van der Waals surface area (Å²) in [6, 6.07) is 11.2. The van der Waals surface area contributed by atoms with Crippen LogP contribution in [0.5, 0.6) is 5.75 Å². The van der Waals surface area contributed by atoms with Gasteiger partial charge in [-0.05, 0) is 24.1 Å². The standard InChI is InChI=1S/C20H23Cl2NO2/c1-2-3-6-9-23-12-20(13-24,14-7-4-5-8-18(14)23)15-10-16(21)17(22)11-19(15)25/h4-5,7-8,10-11,24-25H,2-3,6,9,12-13H2,1H3. The molecule has 5 heteroatoms. The molecule has 0 amide bonds. The van der Waals surface area contributed by atoms with Crippen LogP contribution in [0.25, 0.3) is 0 Å². The van der Waals surface area contributed by atoms with E-state index in [2.05, 4.69) is 17.9 Å². The van der Waals surface area contributed by atoms with Crippen LogP contribution in [0.15, 0.2) is 36.4 Å². The quantitative estimate of drug-likeness (QED) is 0.694. The average Bonchev–Trinajstić information content (AvgIpc) is 2.93. The number of anilines is 1. The minimum atomic E-state index is -0.707. The highest BCUT2D eigenvalue weighted by Crippen LogP contribution is 2.48. The summed E-state index contributed by atoms with van der Waals surface area (Å²) in [5, 5.41) is 21.6. The van der Waals surface area contributed by atoms with Gasteiger partial charge in [0.15, 0.2) is 0 Å². The van der Waals surface area contributed by atoms with Gasteiger partial charge < -0.3 is 15.1 Å². The van der Waals surface area contributed by atoms with E-state index >= 15 is 0 Å². The van der Waals surface area contributed by atoms with Crippen molar-refractivity contribution in [3.63, 3.8) is 0 Å². The van der Waals surface area contributed by atoms with Gasteiger partial charge in [-0.3, -0.25) is 0 Å². The fourth-order valence-electron chi connectivity index (χ4n) is 3.77. The van der Waals surface area contributed by atoms with Crippen LogP contribution in [0.1, 0.15) is 37.3 Å². The lowest BCUT2D eigenvalue weighted by molar-refractivity contribution is 0.225. The van der Waals surface area contributed by atoms with E-state index in [1.165, 1.54) is 12.5 Å². The van der Waals surface area contributed by atoms with Crippen LogP contribution in [0, 0.1) is 0 Å². The second-order valence-corrected chi connectivity index (χ2v) is 7.48. The van der Waals surface area contributed by atoms with Gasteiger partial charge in [-0.2, -0.15) is 0 Å². The Morgan fingerprint density at radius 1 is 1.08 bits per heavy atom. The van der Waals surface area contributed by atoms with Crippen LogP contribution < -0.4 is 4.90 Å². The monoisotopic (exact) mass is 379 g/mol. The maximum Gasteiger partial charge on any atom is 0.121 e. The molecular formula is C20H23Cl2NO2. The molecule has 0 radical (unpaired) electrons. The van der Waals surface area contributed by atoms with Gasteiger partial charge in [-0.15, -0.1) is 0 Å². The molecule has 2 N–H and O–H groups in total. The van der Waals surface area contributed by atoms with Crippen LogP contribution in [0.4, 0.5) is 5.69 Å². The van der Waals surface area contributed by atoms with Crippen molar-refractivity contribution >= 4 is 28.9 Å². The van der Waals surface area contributed by atoms with Gasteiger partial charge in [0.25, 0.3) is 0 Å². The summed E-state index contributed by atoms with van der Waals surface area (Å²) in [5.41, 5.74) is 2.04. The van der Waals surface area contributed by atoms with Crippen molar-refractivity contribution in [1.29, 1.82) is 0 Å². The number of aromatic hydroxyl groups is 1. The number of aliphatic hydroxyl groups is 1. The fraction of sp³-hybridized carbons (Fsp3) is 0.400. The molecule has 0 aliphatic carbocycles. The van der Waals surface area contributed by atoms with Gasteiger partial charge in [-0.25, -0.2) is 0 Å². The molecule has 1 aliphatic rings. The molecule has 0 saturated carbocycles. The molecule has 1 aliphatic heterocycles. The molecule has 2 aromatic carbocycles. The van der Waals surface area contributed by atoms with Gasteiger partial charge in [0.05, 0.1) is 22.1 Å². The van der Waals surface area contributed by atoms with E-state index in [0.29, 0.717) is 22.2 Å². The third-order valence-electron chi connectivity index (χ3n) is 5.08. The molecule has 1 heterocycles. The van der Waals surface area contributed by atoms with E-state index in [4.69, 9.17) is 23.2 Å². The zero-order valence-electron chi connectivity index (χ0n) is 14.3. The molecule has 25 heavy (non-hydrogen) atoms. The first kappa shape index (κ1) is 18.4. The van der Waals surface area contributed by atoms with Gasteiger partial charge >= 0.3 is 0 Å². The number of para-hydroxylation sites is 1. The lowest BCUT2D eigenvalue weighted by Crippen LogP contribution is -2.38. The number of benzene rings is 2. The molecular weight excluding hydrogens is 357 g/mol. The van der Waals surface area contributed by atoms with Gasteiger partial charge in [0.1, 0.15) is 5.75 Å². The van der Waals surface area contributed by atoms with Crippen molar-refractivity contribution in [2.75, 3.05) is 24.6 Å². The molecule has 0 spiro atoms. The summed E-state index contributed by atoms with van der Waals surface area (Å²) in [5.74, 6) is 0.0636.